The lowest BCUT2D eigenvalue weighted by Gasteiger charge is -2.27. The number of para-hydroxylation sites is 1. The molecule has 1 heterocycles. The van der Waals surface area contributed by atoms with Crippen molar-refractivity contribution in [2.24, 2.45) is 0 Å². The van der Waals surface area contributed by atoms with Crippen molar-refractivity contribution < 1.29 is 0 Å². The van der Waals surface area contributed by atoms with E-state index >= 15 is 0 Å². The molecule has 0 radical (unpaired) electrons. The van der Waals surface area contributed by atoms with E-state index in [-0.39, 0.29) is 0 Å². The predicted molar refractivity (Wildman–Crippen MR) is 227 cm³/mol. The number of unbranched alkanes of at least 4 members (excludes halogenated alkanes) is 1. The Bertz CT molecular complexity index is 2030. The molecular weight excluding hydrogens is 629 g/mol. The quantitative estimate of drug-likeness (QED) is 0.151. The van der Waals surface area contributed by atoms with Crippen molar-refractivity contribution in [2.75, 3.05) is 4.90 Å². The van der Waals surface area contributed by atoms with E-state index in [1.54, 1.807) is 0 Å². The monoisotopic (exact) mass is 680 g/mol. The molecule has 0 saturated carbocycles. The molecule has 0 saturated heterocycles. The maximum absolute atomic E-state index is 4.71. The molecule has 0 fully saturated rings. The molecule has 0 aliphatic rings. The van der Waals surface area contributed by atoms with E-state index in [1.807, 2.05) is 26.1 Å². The van der Waals surface area contributed by atoms with Gasteiger partial charge in [-0.15, -0.1) is 0 Å². The number of rotatable bonds is 9. The highest BCUT2D eigenvalue weighted by Gasteiger charge is 2.17. The van der Waals surface area contributed by atoms with Crippen molar-refractivity contribution >= 4 is 17.1 Å². The Morgan fingerprint density at radius 3 is 1.48 bits per heavy atom. The first kappa shape index (κ1) is 37.5. The van der Waals surface area contributed by atoms with E-state index < -0.39 is 0 Å². The Morgan fingerprint density at radius 2 is 0.942 bits per heavy atom. The Kier molecular flexibility index (Phi) is 13.7. The minimum Gasteiger partial charge on any atom is -0.310 e. The van der Waals surface area contributed by atoms with E-state index in [4.69, 9.17) is 4.98 Å². The van der Waals surface area contributed by atoms with Gasteiger partial charge in [-0.25, -0.2) is 0 Å². The average molecular weight is 681 g/mol. The number of nitrogens with zero attached hydrogens (tertiary/aromatic N) is 2. The van der Waals surface area contributed by atoms with Crippen molar-refractivity contribution in [1.29, 1.82) is 0 Å². The number of anilines is 3. The van der Waals surface area contributed by atoms with Crippen LogP contribution in [-0.2, 0) is 0 Å². The van der Waals surface area contributed by atoms with Crippen molar-refractivity contribution in [3.05, 3.63) is 182 Å². The number of aromatic nitrogens is 1. The van der Waals surface area contributed by atoms with Crippen LogP contribution in [0.25, 0.3) is 44.6 Å². The van der Waals surface area contributed by atoms with E-state index in [9.17, 15) is 0 Å². The van der Waals surface area contributed by atoms with Crippen LogP contribution in [0.5, 0.6) is 0 Å². The first-order chi connectivity index (χ1) is 25.6. The summed E-state index contributed by atoms with van der Waals surface area (Å²) in [5.74, 6) is 0.390. The van der Waals surface area contributed by atoms with Crippen LogP contribution in [0.1, 0.15) is 65.9 Å². The molecule has 0 unspecified atom stereocenters. The van der Waals surface area contributed by atoms with Gasteiger partial charge in [0.25, 0.3) is 0 Å². The molecule has 0 spiro atoms. The fourth-order valence-corrected chi connectivity index (χ4v) is 6.17. The molecule has 7 aromatic rings. The van der Waals surface area contributed by atoms with Crippen LogP contribution in [0.3, 0.4) is 0 Å². The third-order valence-corrected chi connectivity index (χ3v) is 8.96. The molecule has 0 N–H and O–H groups in total. The Balaban J connectivity index is 0.000000817. The number of pyridine rings is 1. The van der Waals surface area contributed by atoms with Gasteiger partial charge in [-0.1, -0.05) is 164 Å². The number of hydrogen-bond donors (Lipinski definition) is 0. The molecule has 0 bridgehead atoms. The summed E-state index contributed by atoms with van der Waals surface area (Å²) >= 11 is 0. The van der Waals surface area contributed by atoms with E-state index in [0.717, 1.165) is 28.3 Å². The summed E-state index contributed by atoms with van der Waals surface area (Å²) in [4.78, 5) is 7.08. The van der Waals surface area contributed by atoms with E-state index in [0.29, 0.717) is 5.92 Å². The van der Waals surface area contributed by atoms with E-state index in [2.05, 4.69) is 196 Å². The van der Waals surface area contributed by atoms with Gasteiger partial charge < -0.3 is 4.90 Å². The smallest absolute Gasteiger partial charge is 0.0705 e. The highest BCUT2D eigenvalue weighted by molar-refractivity contribution is 5.86. The van der Waals surface area contributed by atoms with Crippen LogP contribution >= 0.6 is 0 Å². The third kappa shape index (κ3) is 9.33. The van der Waals surface area contributed by atoms with Gasteiger partial charge in [0.1, 0.15) is 0 Å². The van der Waals surface area contributed by atoms with Crippen molar-refractivity contribution in [2.45, 2.75) is 60.3 Å². The molecule has 0 aliphatic heterocycles. The topological polar surface area (TPSA) is 16.1 Å². The Hall–Kier alpha value is -5.73. The zero-order chi connectivity index (χ0) is 36.7. The maximum Gasteiger partial charge on any atom is 0.0705 e. The average Bonchev–Trinajstić information content (AvgIpc) is 3.23. The normalized spacial score (nSPS) is 10.4. The first-order valence-corrected chi connectivity index (χ1v) is 18.8. The first-order valence-electron chi connectivity index (χ1n) is 18.8. The third-order valence-electron chi connectivity index (χ3n) is 8.96. The van der Waals surface area contributed by atoms with Crippen molar-refractivity contribution in [3.63, 3.8) is 0 Å². The second-order valence-electron chi connectivity index (χ2n) is 12.9. The summed E-state index contributed by atoms with van der Waals surface area (Å²) in [5, 5.41) is 0. The van der Waals surface area contributed by atoms with Gasteiger partial charge in [0.2, 0.25) is 0 Å². The minimum absolute atomic E-state index is 0.390. The Labute approximate surface area is 312 Å². The fraction of sp³-hybridized carbons (Fsp3) is 0.180. The van der Waals surface area contributed by atoms with Crippen LogP contribution < -0.4 is 4.90 Å². The molecule has 0 amide bonds. The summed E-state index contributed by atoms with van der Waals surface area (Å²) in [7, 11) is 0. The minimum atomic E-state index is 0.390. The second kappa shape index (κ2) is 19.0. The van der Waals surface area contributed by atoms with Gasteiger partial charge in [0, 0.05) is 28.8 Å². The summed E-state index contributed by atoms with van der Waals surface area (Å²) in [6.45, 7) is 12.8. The van der Waals surface area contributed by atoms with Crippen LogP contribution in [0, 0.1) is 0 Å². The molecule has 2 nitrogen and oxygen atoms in total. The molecule has 6 aromatic carbocycles. The molecule has 262 valence electrons. The highest BCUT2D eigenvalue weighted by Crippen LogP contribution is 2.41. The largest absolute Gasteiger partial charge is 0.310 e. The summed E-state index contributed by atoms with van der Waals surface area (Å²) in [6, 6.07) is 60.6. The van der Waals surface area contributed by atoms with Crippen molar-refractivity contribution in [3.8, 4) is 44.6 Å². The molecule has 0 atom stereocenters. The molecule has 0 aliphatic carbocycles. The maximum atomic E-state index is 4.71. The van der Waals surface area contributed by atoms with Crippen LogP contribution in [0.4, 0.5) is 17.1 Å². The highest BCUT2D eigenvalue weighted by atomic mass is 15.1. The summed E-state index contributed by atoms with van der Waals surface area (Å²) in [6.07, 6.45) is 4.51. The van der Waals surface area contributed by atoms with Crippen molar-refractivity contribution in [1.82, 2.24) is 4.98 Å². The molecule has 52 heavy (non-hydrogen) atoms. The SMILES string of the molecule is CC.CC(C)c1ccc(-c2cccc(N(c3ccccc3)c3cc(-c4ccccc4)cc(-c4ccccc4)c3)c2)cc1-c1ccccn1.CCCC. The van der Waals surface area contributed by atoms with E-state index in [1.165, 1.54) is 51.8 Å². The summed E-state index contributed by atoms with van der Waals surface area (Å²) < 4.78 is 0. The fourth-order valence-electron chi connectivity index (χ4n) is 6.17. The van der Waals surface area contributed by atoms with Gasteiger partial charge in [-0.05, 0) is 106 Å². The van der Waals surface area contributed by atoms with Gasteiger partial charge in [-0.2, -0.15) is 0 Å². The zero-order valence-corrected chi connectivity index (χ0v) is 31.6. The lowest BCUT2D eigenvalue weighted by molar-refractivity contribution is 0.868. The standard InChI is InChI=1S/C44H36N2.C4H10.C2H6/c1-32(2)42-25-24-36(31-43(42)44-23-12-13-26-45-44)35-19-14-22-40(28-35)46(39-20-10-5-11-21-39)41-29-37(33-15-6-3-7-16-33)27-38(30-41)34-17-8-4-9-18-34;1-3-4-2;1-2/h3-32H,1-2H3;3-4H2,1-2H3;1-2H3. The molecular formula is C50H52N2. The van der Waals surface area contributed by atoms with Crippen LogP contribution in [0.15, 0.2) is 176 Å². The Morgan fingerprint density at radius 1 is 0.442 bits per heavy atom. The van der Waals surface area contributed by atoms with Gasteiger partial charge in [-0.3, -0.25) is 4.98 Å². The van der Waals surface area contributed by atoms with Gasteiger partial charge in [0.05, 0.1) is 5.69 Å². The zero-order valence-electron chi connectivity index (χ0n) is 31.6. The van der Waals surface area contributed by atoms with Gasteiger partial charge in [0.15, 0.2) is 0 Å². The summed E-state index contributed by atoms with van der Waals surface area (Å²) in [5.41, 5.74) is 13.9. The predicted octanol–water partition coefficient (Wildman–Crippen LogP) is 15.2. The molecule has 1 aromatic heterocycles. The number of benzene rings is 6. The second-order valence-corrected chi connectivity index (χ2v) is 12.9. The molecule has 2 heteroatoms. The lowest BCUT2D eigenvalue weighted by atomic mass is 9.91. The van der Waals surface area contributed by atoms with Gasteiger partial charge >= 0.3 is 0 Å². The lowest BCUT2D eigenvalue weighted by Crippen LogP contribution is -2.10. The van der Waals surface area contributed by atoms with Crippen LogP contribution in [-0.4, -0.2) is 4.98 Å². The molecule has 7 rings (SSSR count). The van der Waals surface area contributed by atoms with Crippen LogP contribution in [0.2, 0.25) is 0 Å². The number of hydrogen-bond acceptors (Lipinski definition) is 2.